The number of hydrogen-bond donors (Lipinski definition) is 2. The summed E-state index contributed by atoms with van der Waals surface area (Å²) in [7, 11) is 0. The van der Waals surface area contributed by atoms with E-state index in [4.69, 9.17) is 16.3 Å². The van der Waals surface area contributed by atoms with Crippen LogP contribution < -0.4 is 15.6 Å². The molecule has 164 valence electrons. The zero-order valence-corrected chi connectivity index (χ0v) is 17.1. The van der Waals surface area contributed by atoms with Gasteiger partial charge in [-0.3, -0.25) is 9.59 Å². The number of aromatic nitrogens is 1. The molecule has 4 rings (SSSR count). The molecule has 0 radical (unpaired) electrons. The fourth-order valence-corrected chi connectivity index (χ4v) is 3.84. The Labute approximate surface area is 181 Å². The standard InChI is InChI=1S/C22H20ClF3N2O3/c23-17-9-13(3-7-19(17)31-11-22(24,25)26)16(10-14-4-8-20(29)27-14)18-6-5-15(12-1-2-12)21(30)28-18/h3,5-7,9-10,12,14H,1-2,4,8,11H2,(H,27,29)(H,28,30)/b16-10+/t14-/m1/s1. The number of aromatic amines is 1. The number of amides is 1. The molecule has 2 aliphatic rings. The third kappa shape index (κ3) is 5.31. The fourth-order valence-electron chi connectivity index (χ4n) is 3.61. The van der Waals surface area contributed by atoms with Crippen LogP contribution in [0, 0.1) is 0 Å². The van der Waals surface area contributed by atoms with Crippen LogP contribution in [-0.4, -0.2) is 29.7 Å². The van der Waals surface area contributed by atoms with E-state index in [0.29, 0.717) is 35.6 Å². The van der Waals surface area contributed by atoms with Gasteiger partial charge in [0, 0.05) is 29.3 Å². The zero-order chi connectivity index (χ0) is 22.2. The van der Waals surface area contributed by atoms with Gasteiger partial charge in [0.05, 0.1) is 5.02 Å². The van der Waals surface area contributed by atoms with Gasteiger partial charge in [-0.1, -0.05) is 29.8 Å². The summed E-state index contributed by atoms with van der Waals surface area (Å²) < 4.78 is 42.1. The molecule has 31 heavy (non-hydrogen) atoms. The summed E-state index contributed by atoms with van der Waals surface area (Å²) in [5.74, 6) is 0.139. The average Bonchev–Trinajstić information content (AvgIpc) is 3.45. The summed E-state index contributed by atoms with van der Waals surface area (Å²) in [4.78, 5) is 27.1. The molecule has 9 heteroatoms. The Balaban J connectivity index is 1.68. The van der Waals surface area contributed by atoms with Crippen LogP contribution in [0.15, 0.2) is 41.2 Å². The summed E-state index contributed by atoms with van der Waals surface area (Å²) in [5, 5.41) is 2.86. The number of alkyl halides is 3. The summed E-state index contributed by atoms with van der Waals surface area (Å²) in [6.07, 6.45) is 0.345. The molecule has 1 atom stereocenters. The highest BCUT2D eigenvalue weighted by molar-refractivity contribution is 6.32. The number of carbonyl (C=O) groups excluding carboxylic acids is 1. The maximum absolute atomic E-state index is 12.5. The van der Waals surface area contributed by atoms with Crippen molar-refractivity contribution in [2.75, 3.05) is 6.61 Å². The van der Waals surface area contributed by atoms with Crippen molar-refractivity contribution < 1.29 is 22.7 Å². The van der Waals surface area contributed by atoms with E-state index in [9.17, 15) is 22.8 Å². The Morgan fingerprint density at radius 3 is 2.52 bits per heavy atom. The summed E-state index contributed by atoms with van der Waals surface area (Å²) in [6.45, 7) is -1.45. The number of H-pyrrole nitrogens is 1. The number of pyridine rings is 1. The highest BCUT2D eigenvalue weighted by atomic mass is 35.5. The number of nitrogens with one attached hydrogen (secondary N) is 2. The summed E-state index contributed by atoms with van der Waals surface area (Å²) in [6, 6.07) is 7.81. The molecule has 2 fully saturated rings. The van der Waals surface area contributed by atoms with E-state index in [2.05, 4.69) is 10.3 Å². The van der Waals surface area contributed by atoms with Crippen LogP contribution in [0.3, 0.4) is 0 Å². The maximum atomic E-state index is 12.5. The molecule has 1 aromatic carbocycles. The lowest BCUT2D eigenvalue weighted by Gasteiger charge is -2.15. The normalized spacial score (nSPS) is 19.4. The third-order valence-corrected chi connectivity index (χ3v) is 5.57. The molecule has 5 nitrogen and oxygen atoms in total. The second kappa shape index (κ2) is 8.42. The first-order chi connectivity index (χ1) is 14.7. The Kier molecular flexibility index (Phi) is 5.83. The predicted octanol–water partition coefficient (Wildman–Crippen LogP) is 4.56. The Bertz CT molecular complexity index is 1090. The van der Waals surface area contributed by atoms with Gasteiger partial charge >= 0.3 is 6.18 Å². The van der Waals surface area contributed by atoms with E-state index in [1.165, 1.54) is 12.1 Å². The molecule has 1 aliphatic heterocycles. The van der Waals surface area contributed by atoms with E-state index in [1.54, 1.807) is 18.2 Å². The quantitative estimate of drug-likeness (QED) is 0.675. The van der Waals surface area contributed by atoms with Gasteiger partial charge in [-0.25, -0.2) is 0 Å². The second-order valence-electron chi connectivity index (χ2n) is 7.77. The minimum atomic E-state index is -4.48. The Hall–Kier alpha value is -2.74. The topological polar surface area (TPSA) is 71.2 Å². The number of rotatable bonds is 6. The number of halogens is 4. The van der Waals surface area contributed by atoms with Crippen molar-refractivity contribution in [1.82, 2.24) is 10.3 Å². The molecule has 2 N–H and O–H groups in total. The lowest BCUT2D eigenvalue weighted by molar-refractivity contribution is -0.153. The number of hydrogen-bond acceptors (Lipinski definition) is 3. The van der Waals surface area contributed by atoms with Crippen LogP contribution in [0.4, 0.5) is 13.2 Å². The second-order valence-corrected chi connectivity index (χ2v) is 8.18. The maximum Gasteiger partial charge on any atom is 0.422 e. The zero-order valence-electron chi connectivity index (χ0n) is 16.4. The molecule has 1 aromatic heterocycles. The highest BCUT2D eigenvalue weighted by Gasteiger charge is 2.29. The molecule has 0 spiro atoms. The van der Waals surface area contributed by atoms with Gasteiger partial charge < -0.3 is 15.0 Å². The number of ether oxygens (including phenoxy) is 1. The van der Waals surface area contributed by atoms with E-state index < -0.39 is 12.8 Å². The minimum absolute atomic E-state index is 0.0139. The molecule has 0 unspecified atom stereocenters. The van der Waals surface area contributed by atoms with E-state index >= 15 is 0 Å². The van der Waals surface area contributed by atoms with E-state index in [1.807, 2.05) is 6.08 Å². The van der Waals surface area contributed by atoms with Crippen molar-refractivity contribution in [2.24, 2.45) is 0 Å². The molecule has 0 bridgehead atoms. The Morgan fingerprint density at radius 1 is 1.16 bits per heavy atom. The molecular formula is C22H20ClF3N2O3. The third-order valence-electron chi connectivity index (χ3n) is 5.28. The lowest BCUT2D eigenvalue weighted by atomic mass is 9.98. The number of carbonyl (C=O) groups is 1. The molecule has 1 aliphatic carbocycles. The van der Waals surface area contributed by atoms with E-state index in [-0.39, 0.29) is 28.3 Å². The molecule has 1 saturated heterocycles. The van der Waals surface area contributed by atoms with Gasteiger partial charge in [0.2, 0.25) is 5.91 Å². The Morgan fingerprint density at radius 2 is 1.94 bits per heavy atom. The van der Waals surface area contributed by atoms with Gasteiger partial charge in [-0.2, -0.15) is 13.2 Å². The van der Waals surface area contributed by atoms with Crippen LogP contribution in [0.2, 0.25) is 5.02 Å². The first-order valence-corrected chi connectivity index (χ1v) is 10.3. The summed E-state index contributed by atoms with van der Waals surface area (Å²) >= 11 is 6.17. The van der Waals surface area contributed by atoms with Gasteiger partial charge in [-0.05, 0) is 48.9 Å². The van der Waals surface area contributed by atoms with Crippen molar-refractivity contribution in [2.45, 2.75) is 43.8 Å². The van der Waals surface area contributed by atoms with Crippen molar-refractivity contribution in [1.29, 1.82) is 0 Å². The van der Waals surface area contributed by atoms with Crippen molar-refractivity contribution in [3.63, 3.8) is 0 Å². The van der Waals surface area contributed by atoms with Crippen molar-refractivity contribution in [3.05, 3.63) is 68.6 Å². The van der Waals surface area contributed by atoms with Crippen LogP contribution in [0.1, 0.15) is 48.4 Å². The smallest absolute Gasteiger partial charge is 0.422 e. The molecular weight excluding hydrogens is 433 g/mol. The molecule has 1 amide bonds. The van der Waals surface area contributed by atoms with Gasteiger partial charge in [0.1, 0.15) is 5.75 Å². The van der Waals surface area contributed by atoms with Crippen LogP contribution in [0.5, 0.6) is 5.75 Å². The predicted molar refractivity (Wildman–Crippen MR) is 110 cm³/mol. The van der Waals surface area contributed by atoms with Crippen LogP contribution >= 0.6 is 11.6 Å². The first kappa shape index (κ1) is 21.5. The van der Waals surface area contributed by atoms with Crippen LogP contribution in [0.25, 0.3) is 5.57 Å². The number of benzene rings is 1. The molecule has 1 saturated carbocycles. The van der Waals surface area contributed by atoms with Crippen molar-refractivity contribution in [3.8, 4) is 5.75 Å². The van der Waals surface area contributed by atoms with Gasteiger partial charge in [0.25, 0.3) is 5.56 Å². The van der Waals surface area contributed by atoms with Crippen molar-refractivity contribution >= 4 is 23.1 Å². The first-order valence-electron chi connectivity index (χ1n) is 9.94. The molecule has 2 aromatic rings. The van der Waals surface area contributed by atoms with Gasteiger partial charge in [0.15, 0.2) is 6.61 Å². The van der Waals surface area contributed by atoms with Gasteiger partial charge in [-0.15, -0.1) is 0 Å². The monoisotopic (exact) mass is 452 g/mol. The lowest BCUT2D eigenvalue weighted by Crippen LogP contribution is -2.23. The van der Waals surface area contributed by atoms with Crippen LogP contribution in [-0.2, 0) is 4.79 Å². The minimum Gasteiger partial charge on any atom is -0.483 e. The van der Waals surface area contributed by atoms with E-state index in [0.717, 1.165) is 18.4 Å². The SMILES string of the molecule is O=C1CC[C@H](/C=C(\c2ccc(OCC(F)(F)F)c(Cl)c2)c2ccc(C3CC3)c(=O)[nH]2)N1. The fraction of sp³-hybridized carbons (Fsp3) is 0.364. The molecule has 2 heterocycles. The summed E-state index contributed by atoms with van der Waals surface area (Å²) in [5.41, 5.74) is 2.32. The average molecular weight is 453 g/mol. The largest absolute Gasteiger partial charge is 0.483 e. The highest BCUT2D eigenvalue weighted by Crippen LogP contribution is 2.38.